The van der Waals surface area contributed by atoms with Crippen molar-refractivity contribution in [1.82, 2.24) is 9.80 Å². The van der Waals surface area contributed by atoms with Crippen molar-refractivity contribution in [2.24, 2.45) is 11.8 Å². The minimum Gasteiger partial charge on any atom is -0.340 e. The van der Waals surface area contributed by atoms with Crippen LogP contribution in [0, 0.1) is 11.8 Å². The third-order valence-electron chi connectivity index (χ3n) is 7.51. The predicted molar refractivity (Wildman–Crippen MR) is 134 cm³/mol. The zero-order valence-corrected chi connectivity index (χ0v) is 19.9. The molecule has 0 aromatic heterocycles. The van der Waals surface area contributed by atoms with E-state index in [1.165, 1.54) is 18.4 Å². The second-order valence-corrected chi connectivity index (χ2v) is 10.1. The number of nitrogens with zero attached hydrogens (tertiary/aromatic N) is 2. The van der Waals surface area contributed by atoms with E-state index in [-0.39, 0.29) is 11.9 Å². The van der Waals surface area contributed by atoms with Crippen LogP contribution in [0.2, 0.25) is 0 Å². The van der Waals surface area contributed by atoms with Crippen LogP contribution in [0.1, 0.15) is 29.5 Å². The zero-order chi connectivity index (χ0) is 22.8. The molecule has 3 aromatic rings. The van der Waals surface area contributed by atoms with Crippen molar-refractivity contribution in [3.8, 4) is 0 Å². The van der Waals surface area contributed by atoms with Crippen LogP contribution in [-0.4, -0.2) is 41.9 Å². The van der Waals surface area contributed by atoms with Crippen molar-refractivity contribution in [1.29, 1.82) is 0 Å². The normalized spacial score (nSPS) is 22.8. The maximum Gasteiger partial charge on any atom is 0.252 e. The third kappa shape index (κ3) is 4.20. The van der Waals surface area contributed by atoms with Crippen molar-refractivity contribution < 1.29 is 4.79 Å². The first kappa shape index (κ1) is 22.2. The van der Waals surface area contributed by atoms with E-state index >= 15 is 0 Å². The number of amides is 1. The second-order valence-electron chi connectivity index (χ2n) is 9.57. The van der Waals surface area contributed by atoms with E-state index in [0.717, 1.165) is 30.8 Å². The number of carbonyl (C=O) groups is 1. The molecule has 1 heterocycles. The Morgan fingerprint density at radius 1 is 0.848 bits per heavy atom. The summed E-state index contributed by atoms with van der Waals surface area (Å²) in [6.07, 6.45) is 2.34. The highest BCUT2D eigenvalue weighted by Crippen LogP contribution is 2.44. The molecule has 0 spiro atoms. The van der Waals surface area contributed by atoms with Crippen molar-refractivity contribution in [3.63, 3.8) is 0 Å². The highest BCUT2D eigenvalue weighted by Gasteiger charge is 2.50. The molecular weight excluding hydrogens is 428 g/mol. The zero-order valence-electron chi connectivity index (χ0n) is 19.1. The number of likely N-dealkylation sites (tertiary alicyclic amines) is 1. The summed E-state index contributed by atoms with van der Waals surface area (Å²) in [5, 5.41) is 0. The largest absolute Gasteiger partial charge is 0.340 e. The van der Waals surface area contributed by atoms with Crippen molar-refractivity contribution >= 4 is 17.5 Å². The molecule has 0 radical (unpaired) electrons. The number of benzene rings is 3. The van der Waals surface area contributed by atoms with Gasteiger partial charge < -0.3 is 4.90 Å². The number of alkyl halides is 1. The standard InChI is InChI=1S/C29H31ClN2O/c1-31(27-23-17-18-24(27)21-32(20-23)19-22-11-5-2-6-12-22)28(33)29(30,25-13-7-3-8-14-25)26-15-9-4-10-16-26/h2-16,23-24,27H,17-21H2,1H3. The summed E-state index contributed by atoms with van der Waals surface area (Å²) in [6.45, 7) is 3.03. The number of halogens is 1. The summed E-state index contributed by atoms with van der Waals surface area (Å²) in [5.74, 6) is 0.933. The first-order valence-corrected chi connectivity index (χ1v) is 12.3. The topological polar surface area (TPSA) is 23.6 Å². The molecule has 2 unspecified atom stereocenters. The van der Waals surface area contributed by atoms with Crippen LogP contribution in [0.4, 0.5) is 0 Å². The van der Waals surface area contributed by atoms with Gasteiger partial charge in [-0.25, -0.2) is 0 Å². The maximum atomic E-state index is 14.1. The van der Waals surface area contributed by atoms with E-state index in [0.29, 0.717) is 11.8 Å². The molecule has 1 saturated heterocycles. The monoisotopic (exact) mass is 458 g/mol. The van der Waals surface area contributed by atoms with Gasteiger partial charge in [-0.2, -0.15) is 0 Å². The van der Waals surface area contributed by atoms with Crippen LogP contribution in [-0.2, 0) is 16.2 Å². The predicted octanol–water partition coefficient (Wildman–Crippen LogP) is 5.54. The minimum atomic E-state index is -1.22. The molecule has 5 rings (SSSR count). The number of hydrogen-bond donors (Lipinski definition) is 0. The van der Waals surface area contributed by atoms with Crippen LogP contribution >= 0.6 is 11.6 Å². The number of likely N-dealkylation sites (N-methyl/N-ethyl adjacent to an activating group) is 1. The molecule has 1 aliphatic carbocycles. The molecule has 33 heavy (non-hydrogen) atoms. The average Bonchev–Trinajstić information content (AvgIpc) is 3.14. The molecule has 170 valence electrons. The molecule has 2 bridgehead atoms. The molecule has 4 heteroatoms. The average molecular weight is 459 g/mol. The molecule has 1 aliphatic heterocycles. The summed E-state index contributed by atoms with van der Waals surface area (Å²) in [5.41, 5.74) is 3.00. The van der Waals surface area contributed by atoms with Gasteiger partial charge in [-0.15, -0.1) is 0 Å². The van der Waals surface area contributed by atoms with Crippen LogP contribution in [0.3, 0.4) is 0 Å². The van der Waals surface area contributed by atoms with Crippen LogP contribution in [0.5, 0.6) is 0 Å². The lowest BCUT2D eigenvalue weighted by Crippen LogP contribution is -2.56. The van der Waals surface area contributed by atoms with E-state index < -0.39 is 4.87 Å². The van der Waals surface area contributed by atoms with Gasteiger partial charge in [-0.1, -0.05) is 103 Å². The summed E-state index contributed by atoms with van der Waals surface area (Å²) in [6, 6.07) is 30.5. The number of rotatable bonds is 6. The lowest BCUT2D eigenvalue weighted by atomic mass is 9.86. The fraction of sp³-hybridized carbons (Fsp3) is 0.345. The number of carbonyl (C=O) groups excluding carboxylic acids is 1. The molecule has 2 aliphatic rings. The van der Waals surface area contributed by atoms with Gasteiger partial charge in [-0.3, -0.25) is 9.69 Å². The van der Waals surface area contributed by atoms with Gasteiger partial charge in [-0.05, 0) is 41.4 Å². The molecule has 1 amide bonds. The Kier molecular flexibility index (Phi) is 6.27. The Hall–Kier alpha value is -2.62. The Morgan fingerprint density at radius 3 is 1.79 bits per heavy atom. The van der Waals surface area contributed by atoms with Gasteiger partial charge >= 0.3 is 0 Å². The summed E-state index contributed by atoms with van der Waals surface area (Å²) < 4.78 is 0. The van der Waals surface area contributed by atoms with Crippen LogP contribution < -0.4 is 0 Å². The number of hydrogen-bond acceptors (Lipinski definition) is 2. The van der Waals surface area contributed by atoms with Crippen molar-refractivity contribution in [2.45, 2.75) is 30.3 Å². The van der Waals surface area contributed by atoms with Gasteiger partial charge in [0.2, 0.25) is 0 Å². The maximum absolute atomic E-state index is 14.1. The van der Waals surface area contributed by atoms with E-state index in [2.05, 4.69) is 35.2 Å². The molecule has 3 nitrogen and oxygen atoms in total. The minimum absolute atomic E-state index is 0.0278. The van der Waals surface area contributed by atoms with Gasteiger partial charge in [0.15, 0.2) is 4.87 Å². The molecular formula is C29H31ClN2O. The van der Waals surface area contributed by atoms with E-state index in [4.69, 9.17) is 11.6 Å². The summed E-state index contributed by atoms with van der Waals surface area (Å²) >= 11 is 7.30. The quantitative estimate of drug-likeness (QED) is 0.453. The Bertz CT molecular complexity index is 1020. The highest BCUT2D eigenvalue weighted by atomic mass is 35.5. The second kappa shape index (κ2) is 9.32. The Labute approximate surface area is 202 Å². The Balaban J connectivity index is 1.39. The molecule has 2 atom stereocenters. The van der Waals surface area contributed by atoms with Gasteiger partial charge in [0.1, 0.15) is 0 Å². The molecule has 3 aromatic carbocycles. The number of fused-ring (bicyclic) bond motifs is 2. The molecule has 1 saturated carbocycles. The van der Waals surface area contributed by atoms with Crippen LogP contribution in [0.25, 0.3) is 0 Å². The van der Waals surface area contributed by atoms with Crippen molar-refractivity contribution in [2.75, 3.05) is 20.1 Å². The fourth-order valence-corrected chi connectivity index (χ4v) is 6.41. The van der Waals surface area contributed by atoms with Crippen LogP contribution in [0.15, 0.2) is 91.0 Å². The molecule has 0 N–H and O–H groups in total. The van der Waals surface area contributed by atoms with Gasteiger partial charge in [0.25, 0.3) is 5.91 Å². The lowest BCUT2D eigenvalue weighted by molar-refractivity contribution is -0.136. The van der Waals surface area contributed by atoms with E-state index in [1.54, 1.807) is 0 Å². The first-order valence-electron chi connectivity index (χ1n) is 11.9. The van der Waals surface area contributed by atoms with E-state index in [1.807, 2.05) is 72.6 Å². The Morgan fingerprint density at radius 2 is 1.30 bits per heavy atom. The molecule has 2 fully saturated rings. The van der Waals surface area contributed by atoms with Gasteiger partial charge in [0, 0.05) is 32.7 Å². The smallest absolute Gasteiger partial charge is 0.252 e. The SMILES string of the molecule is CN(C(=O)C(Cl)(c1ccccc1)c1ccccc1)C1C2CCC1CN(Cc1ccccc1)C2. The van der Waals surface area contributed by atoms with Crippen molar-refractivity contribution in [3.05, 3.63) is 108 Å². The highest BCUT2D eigenvalue weighted by molar-refractivity contribution is 6.37. The third-order valence-corrected chi connectivity index (χ3v) is 8.11. The summed E-state index contributed by atoms with van der Waals surface area (Å²) in [4.78, 5) is 17.5. The van der Waals surface area contributed by atoms with Gasteiger partial charge in [0.05, 0.1) is 0 Å². The number of piperidine rings is 1. The first-order chi connectivity index (χ1) is 16.1. The van der Waals surface area contributed by atoms with E-state index in [9.17, 15) is 4.79 Å². The fourth-order valence-electron chi connectivity index (χ4n) is 6.02. The summed E-state index contributed by atoms with van der Waals surface area (Å²) in [7, 11) is 1.97. The lowest BCUT2D eigenvalue weighted by Gasteiger charge is -2.44.